The summed E-state index contributed by atoms with van der Waals surface area (Å²) >= 11 is 0. The minimum atomic E-state index is 0.371. The summed E-state index contributed by atoms with van der Waals surface area (Å²) in [7, 11) is 0. The van der Waals surface area contributed by atoms with Crippen molar-refractivity contribution in [2.24, 2.45) is 5.92 Å². The summed E-state index contributed by atoms with van der Waals surface area (Å²) < 4.78 is 0. The van der Waals surface area contributed by atoms with Crippen LogP contribution in [-0.2, 0) is 6.42 Å². The van der Waals surface area contributed by atoms with Gasteiger partial charge in [-0.1, -0.05) is 29.8 Å². The Morgan fingerprint density at radius 3 is 2.65 bits per heavy atom. The first-order chi connectivity index (χ1) is 9.67. The van der Waals surface area contributed by atoms with Crippen LogP contribution in [0.4, 0.5) is 0 Å². The topological polar surface area (TPSA) is 32.3 Å². The summed E-state index contributed by atoms with van der Waals surface area (Å²) in [5.74, 6) is 0.552. The Kier molecular flexibility index (Phi) is 6.06. The smallest absolute Gasteiger partial charge is 0.0459 e. The second kappa shape index (κ2) is 7.80. The summed E-state index contributed by atoms with van der Waals surface area (Å²) in [4.78, 5) is 0. The zero-order chi connectivity index (χ0) is 14.4. The lowest BCUT2D eigenvalue weighted by Gasteiger charge is -2.30. The van der Waals surface area contributed by atoms with Gasteiger partial charge in [0.25, 0.3) is 0 Å². The third-order valence-corrected chi connectivity index (χ3v) is 4.57. The van der Waals surface area contributed by atoms with E-state index >= 15 is 0 Å². The zero-order valence-corrected chi connectivity index (χ0v) is 12.9. The molecule has 2 rings (SSSR count). The highest BCUT2D eigenvalue weighted by atomic mass is 16.3. The molecule has 1 aliphatic rings. The first kappa shape index (κ1) is 15.5. The molecule has 20 heavy (non-hydrogen) atoms. The summed E-state index contributed by atoms with van der Waals surface area (Å²) in [6.07, 6.45) is 7.16. The Balaban J connectivity index is 1.69. The molecule has 0 amide bonds. The van der Waals surface area contributed by atoms with Crippen LogP contribution in [0.25, 0.3) is 0 Å². The lowest BCUT2D eigenvalue weighted by Crippen LogP contribution is -2.39. The highest BCUT2D eigenvalue weighted by molar-refractivity contribution is 5.22. The monoisotopic (exact) mass is 275 g/mol. The number of benzene rings is 1. The van der Waals surface area contributed by atoms with Gasteiger partial charge >= 0.3 is 0 Å². The van der Waals surface area contributed by atoms with E-state index in [1.807, 2.05) is 0 Å². The van der Waals surface area contributed by atoms with Crippen LogP contribution in [-0.4, -0.2) is 23.8 Å². The van der Waals surface area contributed by atoms with E-state index in [2.05, 4.69) is 43.4 Å². The van der Waals surface area contributed by atoms with E-state index < -0.39 is 0 Å². The molecule has 1 aliphatic carbocycles. The third-order valence-electron chi connectivity index (χ3n) is 4.57. The Bertz CT molecular complexity index is 396. The predicted molar refractivity (Wildman–Crippen MR) is 84.9 cm³/mol. The molecular formula is C18H29NO. The van der Waals surface area contributed by atoms with Gasteiger partial charge in [-0.25, -0.2) is 0 Å². The van der Waals surface area contributed by atoms with Gasteiger partial charge in [-0.05, 0) is 63.9 Å². The fraction of sp³-hybridized carbons (Fsp3) is 0.667. The molecule has 0 aliphatic heterocycles. The fourth-order valence-electron chi connectivity index (χ4n) is 3.25. The van der Waals surface area contributed by atoms with Crippen LogP contribution in [0.1, 0.15) is 50.2 Å². The Labute approximate surface area is 123 Å². The van der Waals surface area contributed by atoms with Gasteiger partial charge in [0.2, 0.25) is 0 Å². The predicted octanol–water partition coefficient (Wildman–Crippen LogP) is 3.46. The van der Waals surface area contributed by atoms with Gasteiger partial charge in [0.1, 0.15) is 0 Å². The van der Waals surface area contributed by atoms with Gasteiger partial charge in [0.05, 0.1) is 0 Å². The highest BCUT2D eigenvalue weighted by Crippen LogP contribution is 2.24. The molecule has 1 fully saturated rings. The minimum absolute atomic E-state index is 0.371. The SMILES string of the molecule is Cc1cccc(CCC(C)NC2CCC(CO)CC2)c1. The number of aryl methyl sites for hydroxylation is 2. The molecular weight excluding hydrogens is 246 g/mol. The van der Waals surface area contributed by atoms with Crippen molar-refractivity contribution < 1.29 is 5.11 Å². The summed E-state index contributed by atoms with van der Waals surface area (Å²) in [5, 5.41) is 12.9. The quantitative estimate of drug-likeness (QED) is 0.833. The van der Waals surface area contributed by atoms with Crippen molar-refractivity contribution in [3.8, 4) is 0 Å². The number of aliphatic hydroxyl groups excluding tert-OH is 1. The number of hydrogen-bond donors (Lipinski definition) is 2. The number of aliphatic hydroxyl groups is 1. The average molecular weight is 275 g/mol. The number of nitrogens with one attached hydrogen (secondary N) is 1. The van der Waals surface area contributed by atoms with Crippen LogP contribution in [0.15, 0.2) is 24.3 Å². The largest absolute Gasteiger partial charge is 0.396 e. The van der Waals surface area contributed by atoms with Crippen molar-refractivity contribution in [2.45, 2.75) is 64.5 Å². The third kappa shape index (κ3) is 4.92. The second-order valence-electron chi connectivity index (χ2n) is 6.50. The van der Waals surface area contributed by atoms with E-state index in [9.17, 15) is 5.11 Å². The molecule has 2 heteroatoms. The van der Waals surface area contributed by atoms with E-state index in [-0.39, 0.29) is 0 Å². The van der Waals surface area contributed by atoms with Gasteiger partial charge < -0.3 is 10.4 Å². The molecule has 0 heterocycles. The standard InChI is InChI=1S/C18H29NO/c1-14-4-3-5-16(12-14)7-6-15(2)19-18-10-8-17(13-20)9-11-18/h3-5,12,15,17-20H,6-11,13H2,1-2H3. The van der Waals surface area contributed by atoms with Gasteiger partial charge in [0, 0.05) is 18.7 Å². The first-order valence-corrected chi connectivity index (χ1v) is 8.10. The van der Waals surface area contributed by atoms with Crippen molar-refractivity contribution in [3.63, 3.8) is 0 Å². The molecule has 0 bridgehead atoms. The normalized spacial score (nSPS) is 24.6. The second-order valence-corrected chi connectivity index (χ2v) is 6.50. The summed E-state index contributed by atoms with van der Waals surface area (Å²) in [5.41, 5.74) is 2.80. The Hall–Kier alpha value is -0.860. The van der Waals surface area contributed by atoms with Crippen LogP contribution >= 0.6 is 0 Å². The molecule has 2 N–H and O–H groups in total. The number of hydrogen-bond acceptors (Lipinski definition) is 2. The Morgan fingerprint density at radius 1 is 1.25 bits per heavy atom. The van der Waals surface area contributed by atoms with Gasteiger partial charge in [-0.2, -0.15) is 0 Å². The fourth-order valence-corrected chi connectivity index (χ4v) is 3.25. The van der Waals surface area contributed by atoms with Crippen molar-refractivity contribution in [3.05, 3.63) is 35.4 Å². The van der Waals surface area contributed by atoms with Gasteiger partial charge in [0.15, 0.2) is 0 Å². The zero-order valence-electron chi connectivity index (χ0n) is 12.9. The van der Waals surface area contributed by atoms with Gasteiger partial charge in [-0.15, -0.1) is 0 Å². The molecule has 0 spiro atoms. The van der Waals surface area contributed by atoms with E-state index in [1.54, 1.807) is 0 Å². The van der Waals surface area contributed by atoms with E-state index in [0.29, 0.717) is 24.6 Å². The van der Waals surface area contributed by atoms with Crippen LogP contribution in [0.5, 0.6) is 0 Å². The molecule has 112 valence electrons. The maximum atomic E-state index is 9.17. The van der Waals surface area contributed by atoms with E-state index in [4.69, 9.17) is 0 Å². The molecule has 1 aromatic rings. The molecule has 1 unspecified atom stereocenters. The number of rotatable bonds is 6. The highest BCUT2D eigenvalue weighted by Gasteiger charge is 2.21. The molecule has 1 atom stereocenters. The van der Waals surface area contributed by atoms with Gasteiger partial charge in [-0.3, -0.25) is 0 Å². The molecule has 0 saturated heterocycles. The molecule has 1 aromatic carbocycles. The lowest BCUT2D eigenvalue weighted by atomic mass is 9.86. The van der Waals surface area contributed by atoms with Crippen molar-refractivity contribution in [1.82, 2.24) is 5.32 Å². The maximum absolute atomic E-state index is 9.17. The minimum Gasteiger partial charge on any atom is -0.396 e. The van der Waals surface area contributed by atoms with Crippen LogP contribution in [0.3, 0.4) is 0 Å². The molecule has 2 nitrogen and oxygen atoms in total. The van der Waals surface area contributed by atoms with Crippen molar-refractivity contribution in [2.75, 3.05) is 6.61 Å². The summed E-state index contributed by atoms with van der Waals surface area (Å²) in [6.45, 7) is 4.83. The van der Waals surface area contributed by atoms with Crippen molar-refractivity contribution in [1.29, 1.82) is 0 Å². The molecule has 0 aromatic heterocycles. The van der Waals surface area contributed by atoms with E-state index in [0.717, 1.165) is 6.42 Å². The Morgan fingerprint density at radius 2 is 2.00 bits per heavy atom. The first-order valence-electron chi connectivity index (χ1n) is 8.10. The van der Waals surface area contributed by atoms with Crippen LogP contribution in [0.2, 0.25) is 0 Å². The molecule has 1 saturated carbocycles. The maximum Gasteiger partial charge on any atom is 0.0459 e. The van der Waals surface area contributed by atoms with Crippen molar-refractivity contribution >= 4 is 0 Å². The van der Waals surface area contributed by atoms with Crippen LogP contribution < -0.4 is 5.32 Å². The van der Waals surface area contributed by atoms with E-state index in [1.165, 1.54) is 43.2 Å². The summed E-state index contributed by atoms with van der Waals surface area (Å²) in [6, 6.07) is 10.1. The van der Waals surface area contributed by atoms with Crippen LogP contribution in [0, 0.1) is 12.8 Å². The molecule has 0 radical (unpaired) electrons. The lowest BCUT2D eigenvalue weighted by molar-refractivity contribution is 0.172. The average Bonchev–Trinajstić information content (AvgIpc) is 2.46.